The third-order valence-corrected chi connectivity index (χ3v) is 6.50. The fourth-order valence-electron chi connectivity index (χ4n) is 5.29. The molecule has 3 N–H and O–H groups in total. The highest BCUT2D eigenvalue weighted by Gasteiger charge is 2.65. The molecule has 5 rings (SSSR count). The van der Waals surface area contributed by atoms with E-state index in [1.165, 1.54) is 6.92 Å². The smallest absolute Gasteiger partial charge is 0.408 e. The number of anilines is 2. The summed E-state index contributed by atoms with van der Waals surface area (Å²) in [5.41, 5.74) is 0.0146. The van der Waals surface area contributed by atoms with Crippen LogP contribution in [-0.2, 0) is 23.9 Å². The Morgan fingerprint density at radius 3 is 2.35 bits per heavy atom. The number of carbonyl (C=O) groups excluding carboxylic acids is 4. The minimum absolute atomic E-state index is 0.0591. The van der Waals surface area contributed by atoms with E-state index in [1.54, 1.807) is 24.3 Å². The summed E-state index contributed by atoms with van der Waals surface area (Å²) in [6.07, 6.45) is 1.52. The van der Waals surface area contributed by atoms with Gasteiger partial charge in [-0.05, 0) is 55.9 Å². The first kappa shape index (κ1) is 20.8. The van der Waals surface area contributed by atoms with Gasteiger partial charge in [0.25, 0.3) is 0 Å². The highest BCUT2D eigenvalue weighted by Crippen LogP contribution is 2.55. The minimum atomic E-state index is -1.28. The first-order chi connectivity index (χ1) is 14.7. The van der Waals surface area contributed by atoms with Crippen LogP contribution < -0.4 is 15.5 Å². The Labute approximate surface area is 177 Å². The number of aliphatic carboxylic acids is 1. The van der Waals surface area contributed by atoms with Crippen molar-refractivity contribution in [3.05, 3.63) is 24.3 Å². The third kappa shape index (κ3) is 3.62. The van der Waals surface area contributed by atoms with Gasteiger partial charge >= 0.3 is 12.1 Å². The van der Waals surface area contributed by atoms with Gasteiger partial charge in [-0.1, -0.05) is 0 Å². The summed E-state index contributed by atoms with van der Waals surface area (Å²) in [4.78, 5) is 61.9. The fourth-order valence-corrected chi connectivity index (χ4v) is 5.29. The second kappa shape index (κ2) is 7.68. The molecule has 2 bridgehead atoms. The number of imide groups is 1. The molecule has 164 valence electrons. The number of carboxylic acid groups (broad SMARTS) is 1. The molecule has 0 radical (unpaired) electrons. The summed E-state index contributed by atoms with van der Waals surface area (Å²) < 4.78 is 4.72. The van der Waals surface area contributed by atoms with Crippen LogP contribution in [0.15, 0.2) is 24.3 Å². The lowest BCUT2D eigenvalue weighted by Crippen LogP contribution is -2.63. The predicted octanol–water partition coefficient (Wildman–Crippen LogP) is 1.50. The molecule has 4 aliphatic rings. The topological polar surface area (TPSA) is 142 Å². The second-order valence-corrected chi connectivity index (χ2v) is 8.33. The van der Waals surface area contributed by atoms with Gasteiger partial charge in [0.1, 0.15) is 0 Å². The molecule has 1 saturated heterocycles. The van der Waals surface area contributed by atoms with E-state index < -0.39 is 36.0 Å². The van der Waals surface area contributed by atoms with E-state index in [9.17, 15) is 24.0 Å². The Bertz CT molecular complexity index is 950. The SMILES string of the molecule is CC(=O)Nc1ccc(N2C(=O)[C@H]3C4CCC(NC(=O)OCC(=O)O)(CC4)[C@H]3C2=O)cc1. The zero-order valence-electron chi connectivity index (χ0n) is 16.9. The van der Waals surface area contributed by atoms with E-state index in [2.05, 4.69) is 10.6 Å². The summed E-state index contributed by atoms with van der Waals surface area (Å²) in [5, 5.41) is 14.1. The molecule has 10 nitrogen and oxygen atoms in total. The number of hydrogen-bond acceptors (Lipinski definition) is 6. The molecule has 1 aromatic carbocycles. The van der Waals surface area contributed by atoms with Crippen molar-refractivity contribution in [3.63, 3.8) is 0 Å². The molecule has 2 atom stereocenters. The Kier molecular flexibility index (Phi) is 5.16. The van der Waals surface area contributed by atoms with Crippen LogP contribution in [0.2, 0.25) is 0 Å². The molecule has 3 aliphatic carbocycles. The molecular formula is C21H23N3O7. The molecule has 31 heavy (non-hydrogen) atoms. The van der Waals surface area contributed by atoms with Crippen LogP contribution in [0.1, 0.15) is 32.6 Å². The zero-order chi connectivity index (χ0) is 22.3. The number of alkyl carbamates (subject to hydrolysis) is 1. The number of rotatable bonds is 5. The largest absolute Gasteiger partial charge is 0.479 e. The summed E-state index contributed by atoms with van der Waals surface area (Å²) in [6.45, 7) is 0.605. The Balaban J connectivity index is 1.59. The van der Waals surface area contributed by atoms with Crippen molar-refractivity contribution in [2.45, 2.75) is 38.1 Å². The third-order valence-electron chi connectivity index (χ3n) is 6.50. The molecule has 0 unspecified atom stereocenters. The Morgan fingerprint density at radius 1 is 1.13 bits per heavy atom. The zero-order valence-corrected chi connectivity index (χ0v) is 16.9. The van der Waals surface area contributed by atoms with Crippen LogP contribution in [0.3, 0.4) is 0 Å². The van der Waals surface area contributed by atoms with E-state index in [-0.39, 0.29) is 23.6 Å². The molecule has 4 fully saturated rings. The summed E-state index contributed by atoms with van der Waals surface area (Å²) in [5.74, 6) is -3.39. The lowest BCUT2D eigenvalue weighted by atomic mass is 9.55. The van der Waals surface area contributed by atoms with E-state index in [4.69, 9.17) is 9.84 Å². The maximum absolute atomic E-state index is 13.4. The van der Waals surface area contributed by atoms with Gasteiger partial charge in [0, 0.05) is 12.6 Å². The number of amides is 4. The van der Waals surface area contributed by atoms with Gasteiger partial charge < -0.3 is 20.5 Å². The predicted molar refractivity (Wildman–Crippen MR) is 107 cm³/mol. The number of ether oxygens (including phenoxy) is 1. The number of nitrogens with one attached hydrogen (secondary N) is 2. The standard InChI is InChI=1S/C21H23N3O7/c1-11(25)22-13-2-4-14(5-3-13)24-18(28)16-12-6-8-21(9-7-12,17(16)19(24)29)23-20(30)31-10-15(26)27/h2-5,12,16-17H,6-10H2,1H3,(H,22,25)(H,23,30)(H,26,27)/t12?,16-,17+,21?/m0/s1. The van der Waals surface area contributed by atoms with E-state index in [1.807, 2.05) is 0 Å². The summed E-state index contributed by atoms with van der Waals surface area (Å²) in [7, 11) is 0. The minimum Gasteiger partial charge on any atom is -0.479 e. The average molecular weight is 429 g/mol. The summed E-state index contributed by atoms with van der Waals surface area (Å²) >= 11 is 0. The van der Waals surface area contributed by atoms with Gasteiger partial charge in [-0.2, -0.15) is 0 Å². The number of carboxylic acids is 1. The number of nitrogens with zero attached hydrogens (tertiary/aromatic N) is 1. The van der Waals surface area contributed by atoms with Crippen LogP contribution in [-0.4, -0.2) is 47.0 Å². The lowest BCUT2D eigenvalue weighted by Gasteiger charge is -2.51. The maximum Gasteiger partial charge on any atom is 0.408 e. The van der Waals surface area contributed by atoms with Gasteiger partial charge in [0.15, 0.2) is 6.61 Å². The van der Waals surface area contributed by atoms with Gasteiger partial charge in [0.2, 0.25) is 17.7 Å². The molecule has 0 spiro atoms. The molecule has 1 aromatic rings. The number of benzene rings is 1. The van der Waals surface area contributed by atoms with E-state index >= 15 is 0 Å². The van der Waals surface area contributed by atoms with Crippen LogP contribution in [0.25, 0.3) is 0 Å². The normalized spacial score (nSPS) is 28.8. The first-order valence-electron chi connectivity index (χ1n) is 10.1. The quantitative estimate of drug-likeness (QED) is 0.602. The first-order valence-corrected chi connectivity index (χ1v) is 10.1. The van der Waals surface area contributed by atoms with Crippen molar-refractivity contribution in [2.75, 3.05) is 16.8 Å². The Hall–Kier alpha value is -3.43. The van der Waals surface area contributed by atoms with Crippen LogP contribution in [0, 0.1) is 17.8 Å². The van der Waals surface area contributed by atoms with Gasteiger partial charge in [-0.3, -0.25) is 14.4 Å². The highest BCUT2D eigenvalue weighted by molar-refractivity contribution is 6.23. The molecule has 1 aliphatic heterocycles. The molecule has 1 heterocycles. The van der Waals surface area contributed by atoms with Gasteiger partial charge in [-0.25, -0.2) is 14.5 Å². The van der Waals surface area contributed by atoms with Crippen LogP contribution in [0.4, 0.5) is 16.2 Å². The van der Waals surface area contributed by atoms with Crippen molar-refractivity contribution in [1.82, 2.24) is 5.32 Å². The van der Waals surface area contributed by atoms with E-state index in [0.29, 0.717) is 37.1 Å². The van der Waals surface area contributed by atoms with Crippen molar-refractivity contribution in [1.29, 1.82) is 0 Å². The Morgan fingerprint density at radius 2 is 1.77 bits per heavy atom. The lowest BCUT2D eigenvalue weighted by molar-refractivity contribution is -0.140. The highest BCUT2D eigenvalue weighted by atomic mass is 16.6. The molecule has 0 aromatic heterocycles. The van der Waals surface area contributed by atoms with Crippen LogP contribution >= 0.6 is 0 Å². The van der Waals surface area contributed by atoms with Gasteiger partial charge in [0.05, 0.1) is 23.1 Å². The van der Waals surface area contributed by atoms with Crippen molar-refractivity contribution in [2.24, 2.45) is 17.8 Å². The molecule has 3 saturated carbocycles. The number of hydrogen-bond donors (Lipinski definition) is 3. The van der Waals surface area contributed by atoms with Crippen molar-refractivity contribution >= 4 is 41.2 Å². The molecule has 4 amide bonds. The molecule has 10 heteroatoms. The second-order valence-electron chi connectivity index (χ2n) is 8.33. The van der Waals surface area contributed by atoms with Crippen molar-refractivity contribution < 1.29 is 33.8 Å². The molecular weight excluding hydrogens is 406 g/mol. The maximum atomic E-state index is 13.4. The van der Waals surface area contributed by atoms with Crippen LogP contribution in [0.5, 0.6) is 0 Å². The fraction of sp³-hybridized carbons (Fsp3) is 0.476. The van der Waals surface area contributed by atoms with Gasteiger partial charge in [-0.15, -0.1) is 0 Å². The number of carbonyl (C=O) groups is 5. The van der Waals surface area contributed by atoms with E-state index in [0.717, 1.165) is 4.90 Å². The summed E-state index contributed by atoms with van der Waals surface area (Å²) in [6, 6.07) is 6.43. The average Bonchev–Trinajstić information content (AvgIpc) is 3.00. The van der Waals surface area contributed by atoms with Crippen molar-refractivity contribution in [3.8, 4) is 0 Å². The monoisotopic (exact) mass is 429 g/mol. The number of fused-ring (bicyclic) bond motifs is 2.